The van der Waals surface area contributed by atoms with E-state index in [1.54, 1.807) is 19.4 Å². The summed E-state index contributed by atoms with van der Waals surface area (Å²) < 4.78 is 10.5. The van der Waals surface area contributed by atoms with Crippen LogP contribution in [-0.4, -0.2) is 43.1 Å². The van der Waals surface area contributed by atoms with Crippen molar-refractivity contribution in [2.75, 3.05) is 20.2 Å². The summed E-state index contributed by atoms with van der Waals surface area (Å²) in [5, 5.41) is 3.83. The molecule has 1 amide bonds. The number of amides is 1. The monoisotopic (exact) mass is 354 g/mol. The van der Waals surface area contributed by atoms with Crippen LogP contribution < -0.4 is 10.1 Å². The van der Waals surface area contributed by atoms with E-state index in [9.17, 15) is 4.79 Å². The zero-order valence-corrected chi connectivity index (χ0v) is 15.2. The first-order valence-corrected chi connectivity index (χ1v) is 9.47. The van der Waals surface area contributed by atoms with Crippen molar-refractivity contribution in [3.8, 4) is 5.75 Å². The molecule has 4 rings (SSSR count). The van der Waals surface area contributed by atoms with Crippen LogP contribution in [0.2, 0.25) is 0 Å². The normalized spacial score (nSPS) is 20.7. The minimum absolute atomic E-state index is 0.0795. The molecule has 2 aliphatic rings. The van der Waals surface area contributed by atoms with Gasteiger partial charge >= 0.3 is 0 Å². The van der Waals surface area contributed by atoms with Gasteiger partial charge < -0.3 is 19.4 Å². The lowest BCUT2D eigenvalue weighted by atomic mass is 9.87. The van der Waals surface area contributed by atoms with Gasteiger partial charge in [-0.05, 0) is 55.4 Å². The van der Waals surface area contributed by atoms with Crippen molar-refractivity contribution in [2.45, 2.75) is 44.2 Å². The molecule has 1 aromatic heterocycles. The molecule has 0 saturated carbocycles. The molecule has 1 aromatic carbocycles. The number of furan rings is 1. The molecule has 1 fully saturated rings. The molecule has 0 radical (unpaired) electrons. The number of carbonyl (C=O) groups is 1. The Bertz CT molecular complexity index is 749. The van der Waals surface area contributed by atoms with Crippen molar-refractivity contribution in [3.63, 3.8) is 0 Å². The second-order valence-electron chi connectivity index (χ2n) is 7.28. The summed E-state index contributed by atoms with van der Waals surface area (Å²) in [5.74, 6) is 1.10. The average molecular weight is 354 g/mol. The Kier molecular flexibility index (Phi) is 4.98. The van der Waals surface area contributed by atoms with E-state index in [0.717, 1.165) is 50.9 Å². The highest BCUT2D eigenvalue weighted by Gasteiger charge is 2.27. The Labute approximate surface area is 154 Å². The van der Waals surface area contributed by atoms with Crippen molar-refractivity contribution in [1.82, 2.24) is 10.2 Å². The van der Waals surface area contributed by atoms with E-state index in [2.05, 4.69) is 23.5 Å². The van der Waals surface area contributed by atoms with Gasteiger partial charge in [0.1, 0.15) is 12.0 Å². The summed E-state index contributed by atoms with van der Waals surface area (Å²) in [4.78, 5) is 14.3. The van der Waals surface area contributed by atoms with Crippen LogP contribution in [0.1, 0.15) is 40.7 Å². The highest BCUT2D eigenvalue weighted by atomic mass is 16.5. The number of nitrogens with one attached hydrogen (secondary N) is 1. The van der Waals surface area contributed by atoms with Crippen LogP contribution in [-0.2, 0) is 12.8 Å². The Morgan fingerprint density at radius 1 is 1.19 bits per heavy atom. The SMILES string of the molecule is COc1cccc2c1CCC(NC1CCN(C(=O)c3ccoc3)CC1)C2. The van der Waals surface area contributed by atoms with Gasteiger partial charge in [0.05, 0.1) is 18.9 Å². The smallest absolute Gasteiger partial charge is 0.257 e. The van der Waals surface area contributed by atoms with Crippen LogP contribution >= 0.6 is 0 Å². The first-order chi connectivity index (χ1) is 12.7. The van der Waals surface area contributed by atoms with E-state index >= 15 is 0 Å². The Hall–Kier alpha value is -2.27. The number of rotatable bonds is 4. The topological polar surface area (TPSA) is 54.7 Å². The molecule has 1 aliphatic heterocycles. The molecule has 1 saturated heterocycles. The van der Waals surface area contributed by atoms with Gasteiger partial charge in [-0.15, -0.1) is 0 Å². The summed E-state index contributed by atoms with van der Waals surface area (Å²) in [6.45, 7) is 1.61. The van der Waals surface area contributed by atoms with Crippen molar-refractivity contribution in [3.05, 3.63) is 53.5 Å². The van der Waals surface area contributed by atoms with Gasteiger partial charge in [-0.25, -0.2) is 0 Å². The maximum absolute atomic E-state index is 12.4. The molecule has 5 nitrogen and oxygen atoms in total. The number of fused-ring (bicyclic) bond motifs is 1. The predicted molar refractivity (Wildman–Crippen MR) is 99.6 cm³/mol. The van der Waals surface area contributed by atoms with Gasteiger partial charge in [-0.2, -0.15) is 0 Å². The van der Waals surface area contributed by atoms with Gasteiger partial charge in [0.15, 0.2) is 0 Å². The fourth-order valence-electron chi connectivity index (χ4n) is 4.26. The zero-order valence-electron chi connectivity index (χ0n) is 15.2. The van der Waals surface area contributed by atoms with Crippen LogP contribution in [0.25, 0.3) is 0 Å². The molecule has 2 heterocycles. The number of piperidine rings is 1. The van der Waals surface area contributed by atoms with Crippen molar-refractivity contribution < 1.29 is 13.9 Å². The predicted octanol–water partition coefficient (Wildman–Crippen LogP) is 3.04. The summed E-state index contributed by atoms with van der Waals surface area (Å²) in [5.41, 5.74) is 3.42. The molecule has 0 bridgehead atoms. The van der Waals surface area contributed by atoms with E-state index < -0.39 is 0 Å². The lowest BCUT2D eigenvalue weighted by Crippen LogP contribution is -2.49. The molecular weight excluding hydrogens is 328 g/mol. The molecule has 0 spiro atoms. The largest absolute Gasteiger partial charge is 0.496 e. The first kappa shape index (κ1) is 17.2. The van der Waals surface area contributed by atoms with Gasteiger partial charge in [-0.1, -0.05) is 12.1 Å². The minimum Gasteiger partial charge on any atom is -0.496 e. The number of nitrogens with zero attached hydrogens (tertiary/aromatic N) is 1. The Balaban J connectivity index is 1.30. The summed E-state index contributed by atoms with van der Waals surface area (Å²) >= 11 is 0. The lowest BCUT2D eigenvalue weighted by molar-refractivity contribution is 0.0700. The van der Waals surface area contributed by atoms with Crippen LogP contribution in [0.5, 0.6) is 5.75 Å². The number of carbonyl (C=O) groups excluding carboxylic acids is 1. The molecular formula is C21H26N2O3. The standard InChI is InChI=1S/C21H26N2O3/c1-25-20-4-2-3-15-13-18(5-6-19(15)20)22-17-7-10-23(11-8-17)21(24)16-9-12-26-14-16/h2-4,9,12,14,17-18,22H,5-8,10-11,13H2,1H3. The fraction of sp³-hybridized carbons (Fsp3) is 0.476. The quantitative estimate of drug-likeness (QED) is 0.917. The van der Waals surface area contributed by atoms with E-state index in [4.69, 9.17) is 9.15 Å². The van der Waals surface area contributed by atoms with E-state index in [1.807, 2.05) is 4.90 Å². The van der Waals surface area contributed by atoms with Gasteiger partial charge in [0, 0.05) is 25.2 Å². The fourth-order valence-corrected chi connectivity index (χ4v) is 4.26. The molecule has 5 heteroatoms. The summed E-state index contributed by atoms with van der Waals surface area (Å²) in [7, 11) is 1.75. The maximum atomic E-state index is 12.4. The molecule has 26 heavy (non-hydrogen) atoms. The third-order valence-electron chi connectivity index (χ3n) is 5.68. The average Bonchev–Trinajstić information content (AvgIpc) is 3.22. The third kappa shape index (κ3) is 3.49. The Morgan fingerprint density at radius 2 is 2.04 bits per heavy atom. The van der Waals surface area contributed by atoms with E-state index in [0.29, 0.717) is 17.6 Å². The van der Waals surface area contributed by atoms with E-state index in [-0.39, 0.29) is 5.91 Å². The second kappa shape index (κ2) is 7.54. The molecule has 2 aromatic rings. The third-order valence-corrected chi connectivity index (χ3v) is 5.68. The summed E-state index contributed by atoms with van der Waals surface area (Å²) in [6.07, 6.45) is 8.35. The number of hydrogen-bond donors (Lipinski definition) is 1. The molecule has 1 atom stereocenters. The summed E-state index contributed by atoms with van der Waals surface area (Å²) in [6, 6.07) is 9.09. The Morgan fingerprint density at radius 3 is 2.77 bits per heavy atom. The number of likely N-dealkylation sites (tertiary alicyclic amines) is 1. The molecule has 1 unspecified atom stereocenters. The molecule has 1 aliphatic carbocycles. The second-order valence-corrected chi connectivity index (χ2v) is 7.28. The number of ether oxygens (including phenoxy) is 1. The maximum Gasteiger partial charge on any atom is 0.257 e. The van der Waals surface area contributed by atoms with Gasteiger partial charge in [-0.3, -0.25) is 4.79 Å². The highest BCUT2D eigenvalue weighted by molar-refractivity contribution is 5.93. The van der Waals surface area contributed by atoms with Crippen LogP contribution in [0.3, 0.4) is 0 Å². The van der Waals surface area contributed by atoms with Gasteiger partial charge in [0.25, 0.3) is 5.91 Å². The van der Waals surface area contributed by atoms with Crippen LogP contribution in [0.4, 0.5) is 0 Å². The van der Waals surface area contributed by atoms with Crippen molar-refractivity contribution in [2.24, 2.45) is 0 Å². The van der Waals surface area contributed by atoms with E-state index in [1.165, 1.54) is 17.4 Å². The molecule has 1 N–H and O–H groups in total. The lowest BCUT2D eigenvalue weighted by Gasteiger charge is -2.36. The number of hydrogen-bond acceptors (Lipinski definition) is 4. The first-order valence-electron chi connectivity index (χ1n) is 9.47. The molecule has 138 valence electrons. The van der Waals surface area contributed by atoms with Crippen LogP contribution in [0, 0.1) is 0 Å². The number of benzene rings is 1. The highest BCUT2D eigenvalue weighted by Crippen LogP contribution is 2.30. The number of methoxy groups -OCH3 is 1. The minimum atomic E-state index is 0.0795. The van der Waals surface area contributed by atoms with Gasteiger partial charge in [0.2, 0.25) is 0 Å². The van der Waals surface area contributed by atoms with Crippen molar-refractivity contribution >= 4 is 5.91 Å². The zero-order chi connectivity index (χ0) is 17.9. The van der Waals surface area contributed by atoms with Crippen LogP contribution in [0.15, 0.2) is 41.2 Å². The van der Waals surface area contributed by atoms with Crippen molar-refractivity contribution in [1.29, 1.82) is 0 Å².